The van der Waals surface area contributed by atoms with Crippen molar-refractivity contribution in [3.05, 3.63) is 108 Å². The summed E-state index contributed by atoms with van der Waals surface area (Å²) in [5.41, 5.74) is -0.0659. The lowest BCUT2D eigenvalue weighted by atomic mass is 9.93. The molecule has 2 aliphatic rings. The van der Waals surface area contributed by atoms with Gasteiger partial charge in [-0.05, 0) is 87.4 Å². The molecule has 2 aliphatic heterocycles. The summed E-state index contributed by atoms with van der Waals surface area (Å²) in [5, 5.41) is 13.1. The van der Waals surface area contributed by atoms with E-state index in [-0.39, 0.29) is 59.3 Å². The van der Waals surface area contributed by atoms with Crippen molar-refractivity contribution in [1.82, 2.24) is 20.6 Å². The van der Waals surface area contributed by atoms with Crippen LogP contribution in [0.1, 0.15) is 72.6 Å². The molecule has 0 aliphatic carbocycles. The largest absolute Gasteiger partial charge is 0.573 e. The molecule has 0 radical (unpaired) electrons. The number of carbonyl (C=O) groups excluding carboxylic acids is 2. The smallest absolute Gasteiger partial charge is 0.438 e. The molecular weight excluding hydrogens is 782 g/mol. The standard InChI is InChI=1S/2C19H18F3N3O4/c2*1-3-23-17(26)15-9-8-14(11-24-15)27-16-10-18(2,29-25-16)12-4-6-13(7-5-12)28-19(20,21)22/h2*4-9,11H,3,10H2,1-2H3,(H,23,26)/t2*18-/m10/s1. The van der Waals surface area contributed by atoms with Gasteiger partial charge in [0, 0.05) is 13.1 Å². The molecule has 4 heterocycles. The average Bonchev–Trinajstić information content (AvgIpc) is 3.74. The van der Waals surface area contributed by atoms with Crippen molar-refractivity contribution in [2.75, 3.05) is 13.1 Å². The fourth-order valence-electron chi connectivity index (χ4n) is 5.37. The lowest BCUT2D eigenvalue weighted by Crippen LogP contribution is -2.24. The topological polar surface area (TPSA) is 164 Å². The van der Waals surface area contributed by atoms with Gasteiger partial charge in [0.05, 0.1) is 25.2 Å². The number of ether oxygens (including phenoxy) is 4. The summed E-state index contributed by atoms with van der Waals surface area (Å²) in [5.74, 6) is 0.0813. The highest BCUT2D eigenvalue weighted by Gasteiger charge is 2.39. The van der Waals surface area contributed by atoms with Crippen LogP contribution in [-0.2, 0) is 20.9 Å². The maximum Gasteiger partial charge on any atom is 0.573 e. The molecule has 6 rings (SSSR count). The number of halogens is 6. The van der Waals surface area contributed by atoms with E-state index in [4.69, 9.17) is 19.1 Å². The number of hydrogen-bond acceptors (Lipinski definition) is 12. The minimum atomic E-state index is -4.75. The molecule has 0 saturated heterocycles. The summed E-state index contributed by atoms with van der Waals surface area (Å²) < 4.78 is 92.6. The van der Waals surface area contributed by atoms with E-state index < -0.39 is 23.9 Å². The Morgan fingerprint density at radius 2 is 0.948 bits per heavy atom. The summed E-state index contributed by atoms with van der Waals surface area (Å²) in [7, 11) is 0. The third kappa shape index (κ3) is 11.7. The van der Waals surface area contributed by atoms with Gasteiger partial charge in [-0.1, -0.05) is 34.6 Å². The maximum atomic E-state index is 12.3. The molecule has 4 aromatic rings. The number of aromatic nitrogens is 2. The van der Waals surface area contributed by atoms with Crippen LogP contribution in [0.3, 0.4) is 0 Å². The summed E-state index contributed by atoms with van der Waals surface area (Å²) >= 11 is 0. The van der Waals surface area contributed by atoms with Gasteiger partial charge in [-0.25, -0.2) is 9.97 Å². The van der Waals surface area contributed by atoms with Crippen molar-refractivity contribution < 1.29 is 64.6 Å². The molecule has 2 aromatic heterocycles. The fraction of sp³-hybridized carbons (Fsp3) is 0.316. The highest BCUT2D eigenvalue weighted by Crippen LogP contribution is 2.38. The fourth-order valence-corrected chi connectivity index (χ4v) is 5.37. The van der Waals surface area contributed by atoms with Gasteiger partial charge >= 0.3 is 12.7 Å². The molecule has 2 aromatic carbocycles. The third-order valence-corrected chi connectivity index (χ3v) is 8.16. The monoisotopic (exact) mass is 818 g/mol. The predicted molar refractivity (Wildman–Crippen MR) is 193 cm³/mol. The van der Waals surface area contributed by atoms with Gasteiger partial charge in [0.1, 0.15) is 34.4 Å². The van der Waals surface area contributed by atoms with Gasteiger partial charge in [-0.2, -0.15) is 0 Å². The van der Waals surface area contributed by atoms with E-state index in [1.165, 1.54) is 73.1 Å². The zero-order valence-corrected chi connectivity index (χ0v) is 31.2. The van der Waals surface area contributed by atoms with Crippen LogP contribution < -0.4 is 29.6 Å². The van der Waals surface area contributed by atoms with Crippen molar-refractivity contribution in [2.45, 2.75) is 64.5 Å². The lowest BCUT2D eigenvalue weighted by Gasteiger charge is -2.21. The van der Waals surface area contributed by atoms with Crippen LogP contribution in [0.4, 0.5) is 26.3 Å². The Labute approximate surface area is 327 Å². The first kappa shape index (κ1) is 42.5. The highest BCUT2D eigenvalue weighted by atomic mass is 19.4. The van der Waals surface area contributed by atoms with Crippen LogP contribution in [0, 0.1) is 0 Å². The van der Waals surface area contributed by atoms with Crippen molar-refractivity contribution >= 4 is 23.6 Å². The zero-order valence-electron chi connectivity index (χ0n) is 31.2. The van der Waals surface area contributed by atoms with E-state index >= 15 is 0 Å². The summed E-state index contributed by atoms with van der Waals surface area (Å²) in [6.45, 7) is 8.08. The van der Waals surface area contributed by atoms with E-state index in [1.54, 1.807) is 26.0 Å². The maximum absolute atomic E-state index is 12.3. The summed E-state index contributed by atoms with van der Waals surface area (Å²) in [6, 6.07) is 16.9. The number of alkyl halides is 6. The number of amides is 2. The second-order valence-electron chi connectivity index (χ2n) is 12.8. The Balaban J connectivity index is 0.000000221. The number of oxime groups is 2. The van der Waals surface area contributed by atoms with Crippen molar-refractivity contribution in [2.24, 2.45) is 10.3 Å². The van der Waals surface area contributed by atoms with E-state index in [0.29, 0.717) is 35.7 Å². The summed E-state index contributed by atoms with van der Waals surface area (Å²) in [6.07, 6.45) is -6.20. The van der Waals surface area contributed by atoms with Crippen molar-refractivity contribution in [3.63, 3.8) is 0 Å². The molecule has 0 bridgehead atoms. The van der Waals surface area contributed by atoms with E-state index in [2.05, 4.69) is 40.4 Å². The van der Waals surface area contributed by atoms with Crippen LogP contribution in [0.15, 0.2) is 95.5 Å². The van der Waals surface area contributed by atoms with E-state index in [0.717, 1.165) is 0 Å². The lowest BCUT2D eigenvalue weighted by molar-refractivity contribution is -0.275. The Morgan fingerprint density at radius 3 is 1.24 bits per heavy atom. The summed E-state index contributed by atoms with van der Waals surface area (Å²) in [4.78, 5) is 42.4. The molecule has 0 saturated carbocycles. The molecule has 58 heavy (non-hydrogen) atoms. The first-order chi connectivity index (χ1) is 27.4. The molecule has 0 unspecified atom stereocenters. The number of nitrogens with one attached hydrogen (secondary N) is 2. The van der Waals surface area contributed by atoms with Gasteiger partial charge in [-0.3, -0.25) is 9.59 Å². The Morgan fingerprint density at radius 1 is 0.603 bits per heavy atom. The molecule has 0 fully saturated rings. The second kappa shape index (κ2) is 17.7. The Bertz CT molecular complexity index is 1950. The minimum absolute atomic E-state index is 0.255. The van der Waals surface area contributed by atoms with Gasteiger partial charge in [0.15, 0.2) is 11.2 Å². The molecule has 2 N–H and O–H groups in total. The number of carbonyl (C=O) groups is 2. The van der Waals surface area contributed by atoms with Gasteiger partial charge in [0.25, 0.3) is 11.8 Å². The number of rotatable bonds is 10. The molecule has 2 atom stereocenters. The van der Waals surface area contributed by atoms with Gasteiger partial charge in [0.2, 0.25) is 11.8 Å². The van der Waals surface area contributed by atoms with Crippen LogP contribution in [-0.4, -0.2) is 59.4 Å². The van der Waals surface area contributed by atoms with Gasteiger partial charge in [-0.15, -0.1) is 26.3 Å². The first-order valence-corrected chi connectivity index (χ1v) is 17.4. The molecule has 20 heteroatoms. The van der Waals surface area contributed by atoms with Crippen LogP contribution in [0.2, 0.25) is 0 Å². The number of hydrogen-bond donors (Lipinski definition) is 2. The predicted octanol–water partition coefficient (Wildman–Crippen LogP) is 7.52. The quantitative estimate of drug-likeness (QED) is 0.153. The number of nitrogens with zero attached hydrogens (tertiary/aromatic N) is 4. The zero-order chi connectivity index (χ0) is 42.1. The minimum Gasteiger partial charge on any atom is -0.438 e. The Kier molecular flexibility index (Phi) is 13.0. The SMILES string of the molecule is CCNC(=O)c1ccc(OC2=NO[C@@](C)(c3ccc(OC(F)(F)F)cc3)C2)cn1.CCNC(=O)c1ccc(OC2=NO[C@](C)(c3ccc(OC(F)(F)F)cc3)C2)cn1. The normalized spacial score (nSPS) is 18.6. The first-order valence-electron chi connectivity index (χ1n) is 17.4. The Hall–Kier alpha value is -6.60. The van der Waals surface area contributed by atoms with Crippen molar-refractivity contribution in [3.8, 4) is 23.0 Å². The third-order valence-electron chi connectivity index (χ3n) is 8.16. The molecule has 2 amide bonds. The molecule has 308 valence electrons. The van der Waals surface area contributed by atoms with Crippen molar-refractivity contribution in [1.29, 1.82) is 0 Å². The second-order valence-corrected chi connectivity index (χ2v) is 12.8. The number of pyridine rings is 2. The molecule has 14 nitrogen and oxygen atoms in total. The van der Waals surface area contributed by atoms with Crippen LogP contribution in [0.25, 0.3) is 0 Å². The van der Waals surface area contributed by atoms with E-state index in [9.17, 15) is 35.9 Å². The molecular formula is C38H36F6N6O8. The average molecular weight is 819 g/mol. The highest BCUT2D eigenvalue weighted by molar-refractivity contribution is 5.92. The van der Waals surface area contributed by atoms with Gasteiger partial charge < -0.3 is 39.3 Å². The molecule has 0 spiro atoms. The van der Waals surface area contributed by atoms with Crippen LogP contribution >= 0.6 is 0 Å². The van der Waals surface area contributed by atoms with Crippen LogP contribution in [0.5, 0.6) is 23.0 Å². The number of benzene rings is 2. The van der Waals surface area contributed by atoms with E-state index in [1.807, 2.05) is 13.8 Å².